The van der Waals surface area contributed by atoms with Crippen molar-refractivity contribution < 1.29 is 69.3 Å². The third kappa shape index (κ3) is 5.67. The fourth-order valence-corrected chi connectivity index (χ4v) is 3.84. The Bertz CT molecular complexity index is 878. The van der Waals surface area contributed by atoms with Crippen molar-refractivity contribution >= 4 is 5.78 Å². The molecule has 2 fully saturated rings. The second-order valence-electron chi connectivity index (χ2n) is 8.24. The summed E-state index contributed by atoms with van der Waals surface area (Å²) in [5.41, 5.74) is -0.0915. The molecule has 1 aromatic carbocycles. The van der Waals surface area contributed by atoms with Crippen LogP contribution in [0.2, 0.25) is 0 Å². The highest BCUT2D eigenvalue weighted by Gasteiger charge is 2.48. The highest BCUT2D eigenvalue weighted by molar-refractivity contribution is 5.99. The van der Waals surface area contributed by atoms with Gasteiger partial charge in [0.1, 0.15) is 71.6 Å². The van der Waals surface area contributed by atoms with Crippen molar-refractivity contribution in [2.75, 3.05) is 20.3 Å². The van der Waals surface area contributed by atoms with Crippen molar-refractivity contribution in [3.05, 3.63) is 17.7 Å². The lowest BCUT2D eigenvalue weighted by atomic mass is 9.98. The number of hydrogen-bond donors (Lipinski definition) is 8. The Balaban J connectivity index is 1.72. The first kappa shape index (κ1) is 27.5. The maximum atomic E-state index is 11.7. The number of phenolic OH excluding ortho intramolecular Hbond substituents is 1. The highest BCUT2D eigenvalue weighted by Crippen LogP contribution is 2.35. The van der Waals surface area contributed by atoms with E-state index in [1.807, 2.05) is 0 Å². The molecule has 0 unspecified atom stereocenters. The van der Waals surface area contributed by atoms with Gasteiger partial charge in [-0.1, -0.05) is 0 Å². The first-order valence-electron chi connectivity index (χ1n) is 10.7. The number of phenols is 1. The van der Waals surface area contributed by atoms with Gasteiger partial charge in [0.2, 0.25) is 6.29 Å². The Hall–Kier alpha value is -2.11. The van der Waals surface area contributed by atoms with Gasteiger partial charge < -0.3 is 64.5 Å². The smallest absolute Gasteiger partial charge is 0.229 e. The van der Waals surface area contributed by atoms with Crippen LogP contribution < -0.4 is 9.47 Å². The van der Waals surface area contributed by atoms with Gasteiger partial charge in [0.25, 0.3) is 0 Å². The van der Waals surface area contributed by atoms with Crippen LogP contribution in [0.1, 0.15) is 17.3 Å². The van der Waals surface area contributed by atoms with Gasteiger partial charge in [0.05, 0.1) is 20.3 Å². The van der Waals surface area contributed by atoms with Crippen molar-refractivity contribution in [2.24, 2.45) is 0 Å². The van der Waals surface area contributed by atoms with E-state index in [0.717, 1.165) is 6.07 Å². The van der Waals surface area contributed by atoms with E-state index in [4.69, 9.17) is 23.7 Å². The van der Waals surface area contributed by atoms with Crippen molar-refractivity contribution in [1.82, 2.24) is 0 Å². The van der Waals surface area contributed by atoms with E-state index in [1.165, 1.54) is 20.1 Å². The summed E-state index contributed by atoms with van der Waals surface area (Å²) in [6.07, 6.45) is -15.8. The molecule has 0 aromatic heterocycles. The average Bonchev–Trinajstić information content (AvgIpc) is 2.82. The zero-order valence-corrected chi connectivity index (χ0v) is 18.9. The molecule has 10 atom stereocenters. The second-order valence-corrected chi connectivity index (χ2v) is 8.24. The normalized spacial score (nSPS) is 37.6. The number of ketones is 1. The number of Topliss-reactive ketones (excluding diaryl/α,β-unsaturated/α-hetero) is 1. The van der Waals surface area contributed by atoms with Gasteiger partial charge in [-0.05, 0) is 6.92 Å². The van der Waals surface area contributed by atoms with Crippen LogP contribution in [0.25, 0.3) is 0 Å². The first-order valence-corrected chi connectivity index (χ1v) is 10.7. The summed E-state index contributed by atoms with van der Waals surface area (Å²) in [5, 5.41) is 80.1. The van der Waals surface area contributed by atoms with Gasteiger partial charge in [-0.3, -0.25) is 4.79 Å². The molecule has 0 saturated carbocycles. The highest BCUT2D eigenvalue weighted by atomic mass is 16.7. The second kappa shape index (κ2) is 11.3. The molecule has 3 rings (SSSR count). The molecule has 8 N–H and O–H groups in total. The molecule has 0 amide bonds. The maximum Gasteiger partial charge on any atom is 0.229 e. The summed E-state index contributed by atoms with van der Waals surface area (Å²) in [6.45, 7) is 0.0160. The number of rotatable bonds is 8. The lowest BCUT2D eigenvalue weighted by molar-refractivity contribution is -0.323. The molecule has 2 aliphatic heterocycles. The van der Waals surface area contributed by atoms with Crippen LogP contribution in [-0.2, 0) is 14.2 Å². The predicted molar refractivity (Wildman–Crippen MR) is 112 cm³/mol. The molecule has 0 radical (unpaired) electrons. The van der Waals surface area contributed by atoms with Gasteiger partial charge in [0.15, 0.2) is 12.1 Å². The monoisotopic (exact) mass is 506 g/mol. The lowest BCUT2D eigenvalue weighted by Gasteiger charge is -2.42. The van der Waals surface area contributed by atoms with E-state index in [2.05, 4.69) is 0 Å². The molecule has 198 valence electrons. The van der Waals surface area contributed by atoms with Crippen LogP contribution in [-0.4, -0.2) is 128 Å². The van der Waals surface area contributed by atoms with E-state index in [-0.39, 0.29) is 17.1 Å². The molecule has 2 heterocycles. The molecular weight excluding hydrogens is 476 g/mol. The maximum absolute atomic E-state index is 11.7. The number of benzene rings is 1. The summed E-state index contributed by atoms with van der Waals surface area (Å²) < 4.78 is 26.7. The molecular formula is C21H30O14. The molecule has 0 aliphatic carbocycles. The first-order chi connectivity index (χ1) is 16.5. The average molecular weight is 506 g/mol. The largest absolute Gasteiger partial charge is 0.507 e. The van der Waals surface area contributed by atoms with E-state index in [0.29, 0.717) is 0 Å². The standard InChI is InChI=1S/C21H30O14/c1-7(23)13-9(24)3-8(4-10(13)31-2)33-21-19(30)17(28)15(26)12(35-21)6-32-20-18(29)16(27)14(25)11(5-22)34-20/h3-4,11-12,14-22,24-30H,5-6H2,1-2H3/t11-,12+,14-,15+,16+,17-,18-,19+,20+,21+/m0/s1. The number of carbonyl (C=O) groups is 1. The Morgan fingerprint density at radius 1 is 0.886 bits per heavy atom. The summed E-state index contributed by atoms with van der Waals surface area (Å²) in [7, 11) is 1.27. The van der Waals surface area contributed by atoms with Crippen molar-refractivity contribution in [1.29, 1.82) is 0 Å². The third-order valence-corrected chi connectivity index (χ3v) is 5.82. The number of ether oxygens (including phenoxy) is 5. The Morgan fingerprint density at radius 3 is 2.03 bits per heavy atom. The summed E-state index contributed by atoms with van der Waals surface area (Å²) in [5.74, 6) is -1.03. The molecule has 14 heteroatoms. The van der Waals surface area contributed by atoms with E-state index >= 15 is 0 Å². The summed E-state index contributed by atoms with van der Waals surface area (Å²) in [4.78, 5) is 11.7. The molecule has 0 spiro atoms. The van der Waals surface area contributed by atoms with Gasteiger partial charge in [-0.15, -0.1) is 0 Å². The number of carbonyl (C=O) groups excluding carboxylic acids is 1. The fourth-order valence-electron chi connectivity index (χ4n) is 3.84. The number of methoxy groups -OCH3 is 1. The van der Waals surface area contributed by atoms with Crippen LogP contribution in [0.15, 0.2) is 12.1 Å². The van der Waals surface area contributed by atoms with E-state index in [1.54, 1.807) is 0 Å². The molecule has 14 nitrogen and oxygen atoms in total. The SMILES string of the molecule is COc1cc(O[C@@H]2O[C@H](CO[C@@H]3O[C@@H](CO)[C@H](O)[C@@H](O)[C@@H]3O)[C@@H](O)[C@H](O)[C@H]2O)cc(O)c1C(C)=O. The summed E-state index contributed by atoms with van der Waals surface area (Å²) in [6, 6.07) is 2.33. The van der Waals surface area contributed by atoms with Crippen molar-refractivity contribution in [3.8, 4) is 17.2 Å². The zero-order valence-electron chi connectivity index (χ0n) is 18.9. The summed E-state index contributed by atoms with van der Waals surface area (Å²) >= 11 is 0. The van der Waals surface area contributed by atoms with Gasteiger partial charge >= 0.3 is 0 Å². The third-order valence-electron chi connectivity index (χ3n) is 5.82. The van der Waals surface area contributed by atoms with Crippen LogP contribution >= 0.6 is 0 Å². The number of aliphatic hydroxyl groups excluding tert-OH is 7. The van der Waals surface area contributed by atoms with E-state index in [9.17, 15) is 45.6 Å². The Morgan fingerprint density at radius 2 is 1.46 bits per heavy atom. The molecule has 1 aromatic rings. The fraction of sp³-hybridized carbons (Fsp3) is 0.667. The minimum absolute atomic E-state index is 0.0131. The molecule has 2 aliphatic rings. The van der Waals surface area contributed by atoms with Crippen LogP contribution in [0.3, 0.4) is 0 Å². The molecule has 0 bridgehead atoms. The topological polar surface area (TPSA) is 225 Å². The number of aliphatic hydroxyl groups is 7. The van der Waals surface area contributed by atoms with Gasteiger partial charge in [-0.25, -0.2) is 0 Å². The Labute approximate surface area is 199 Å². The Kier molecular flexibility index (Phi) is 8.87. The van der Waals surface area contributed by atoms with Crippen molar-refractivity contribution in [2.45, 2.75) is 68.3 Å². The quantitative estimate of drug-likeness (QED) is 0.161. The lowest BCUT2D eigenvalue weighted by Crippen LogP contribution is -2.62. The zero-order chi connectivity index (χ0) is 26.0. The predicted octanol–water partition coefficient (Wildman–Crippen LogP) is -3.39. The van der Waals surface area contributed by atoms with Crippen LogP contribution in [0, 0.1) is 0 Å². The van der Waals surface area contributed by atoms with E-state index < -0.39 is 86.2 Å². The van der Waals surface area contributed by atoms with Crippen molar-refractivity contribution in [3.63, 3.8) is 0 Å². The molecule has 2 saturated heterocycles. The minimum Gasteiger partial charge on any atom is -0.507 e. The van der Waals surface area contributed by atoms with Crippen LogP contribution in [0.4, 0.5) is 0 Å². The van der Waals surface area contributed by atoms with Gasteiger partial charge in [-0.2, -0.15) is 0 Å². The number of hydrogen-bond acceptors (Lipinski definition) is 14. The molecule has 35 heavy (non-hydrogen) atoms. The van der Waals surface area contributed by atoms with Gasteiger partial charge in [0, 0.05) is 12.1 Å². The minimum atomic E-state index is -1.76. The van der Waals surface area contributed by atoms with Crippen LogP contribution in [0.5, 0.6) is 17.2 Å². The number of aromatic hydroxyl groups is 1.